The molecule has 0 radical (unpaired) electrons. The largest absolute Gasteiger partial charge is 0.493 e. The molecule has 0 amide bonds. The van der Waals surface area contributed by atoms with Crippen molar-refractivity contribution >= 4 is 0 Å². The van der Waals surface area contributed by atoms with Gasteiger partial charge in [-0.15, -0.1) is 0 Å². The van der Waals surface area contributed by atoms with Crippen molar-refractivity contribution in [1.29, 1.82) is 0 Å². The predicted octanol–water partition coefficient (Wildman–Crippen LogP) is 2.41. The fraction of sp³-hybridized carbons (Fsp3) is 0.625. The average Bonchev–Trinajstić information content (AvgIpc) is 2.99. The normalized spacial score (nSPS) is 22.6. The summed E-state index contributed by atoms with van der Waals surface area (Å²) in [6.45, 7) is 4.18. The van der Waals surface area contributed by atoms with Crippen LogP contribution in [0.1, 0.15) is 30.1 Å². The van der Waals surface area contributed by atoms with Crippen molar-refractivity contribution < 1.29 is 14.2 Å². The Morgan fingerprint density at radius 1 is 1.15 bits per heavy atom. The van der Waals surface area contributed by atoms with Gasteiger partial charge in [0, 0.05) is 6.54 Å². The summed E-state index contributed by atoms with van der Waals surface area (Å²) >= 11 is 0. The molecule has 0 bridgehead atoms. The first-order chi connectivity index (χ1) is 9.81. The molecule has 0 N–H and O–H groups in total. The number of fused-ring (bicyclic) bond motifs is 1. The molecule has 0 aromatic heterocycles. The second kappa shape index (κ2) is 6.02. The van der Waals surface area contributed by atoms with Crippen molar-refractivity contribution in [2.24, 2.45) is 0 Å². The van der Waals surface area contributed by atoms with Crippen molar-refractivity contribution in [1.82, 2.24) is 4.90 Å². The second-order valence-electron chi connectivity index (χ2n) is 5.52. The average molecular weight is 277 g/mol. The number of nitrogens with zero attached hydrogens (tertiary/aromatic N) is 1. The van der Waals surface area contributed by atoms with E-state index in [0.717, 1.165) is 31.1 Å². The highest BCUT2D eigenvalue weighted by Gasteiger charge is 2.26. The van der Waals surface area contributed by atoms with Crippen LogP contribution >= 0.6 is 0 Å². The third-order valence-corrected chi connectivity index (χ3v) is 4.31. The number of hydrogen-bond acceptors (Lipinski definition) is 4. The van der Waals surface area contributed by atoms with Crippen LogP contribution in [0.25, 0.3) is 0 Å². The summed E-state index contributed by atoms with van der Waals surface area (Å²) in [5, 5.41) is 0. The van der Waals surface area contributed by atoms with Crippen LogP contribution in [0.2, 0.25) is 0 Å². The zero-order valence-corrected chi connectivity index (χ0v) is 12.4. The Hall–Kier alpha value is -1.26. The van der Waals surface area contributed by atoms with E-state index in [2.05, 4.69) is 17.0 Å². The summed E-state index contributed by atoms with van der Waals surface area (Å²) in [6.07, 6.45) is 3.74. The van der Waals surface area contributed by atoms with Gasteiger partial charge in [0.1, 0.15) is 0 Å². The van der Waals surface area contributed by atoms with Crippen molar-refractivity contribution in [2.75, 3.05) is 40.5 Å². The first-order valence-corrected chi connectivity index (χ1v) is 7.40. The number of likely N-dealkylation sites (tertiary alicyclic amines) is 1. The molecule has 3 rings (SSSR count). The number of methoxy groups -OCH3 is 2. The molecule has 0 spiro atoms. The Bertz CT molecular complexity index is 469. The maximum atomic E-state index is 6.00. The van der Waals surface area contributed by atoms with Crippen LogP contribution in [-0.2, 0) is 11.2 Å². The first kappa shape index (κ1) is 13.7. The van der Waals surface area contributed by atoms with Gasteiger partial charge in [0.2, 0.25) is 0 Å². The molecule has 4 heteroatoms. The van der Waals surface area contributed by atoms with E-state index in [9.17, 15) is 0 Å². The number of ether oxygens (including phenoxy) is 3. The van der Waals surface area contributed by atoms with Crippen molar-refractivity contribution in [3.63, 3.8) is 0 Å². The molecule has 1 saturated heterocycles. The minimum Gasteiger partial charge on any atom is -0.493 e. The fourth-order valence-electron chi connectivity index (χ4n) is 3.20. The number of benzene rings is 1. The van der Waals surface area contributed by atoms with E-state index in [1.165, 1.54) is 37.1 Å². The molecule has 2 aliphatic heterocycles. The monoisotopic (exact) mass is 277 g/mol. The lowest BCUT2D eigenvalue weighted by Crippen LogP contribution is -2.30. The summed E-state index contributed by atoms with van der Waals surface area (Å²) in [6, 6.07) is 4.20. The zero-order chi connectivity index (χ0) is 13.9. The van der Waals surface area contributed by atoms with Crippen molar-refractivity contribution in [3.8, 4) is 11.5 Å². The van der Waals surface area contributed by atoms with Crippen molar-refractivity contribution in [2.45, 2.75) is 25.4 Å². The molecule has 110 valence electrons. The number of rotatable bonds is 4. The van der Waals surface area contributed by atoms with E-state index in [1.807, 2.05) is 0 Å². The van der Waals surface area contributed by atoms with E-state index >= 15 is 0 Å². The zero-order valence-electron chi connectivity index (χ0n) is 12.4. The molecule has 0 saturated carbocycles. The molecule has 20 heavy (non-hydrogen) atoms. The summed E-state index contributed by atoms with van der Waals surface area (Å²) in [5.74, 6) is 1.61. The highest BCUT2D eigenvalue weighted by atomic mass is 16.5. The van der Waals surface area contributed by atoms with Gasteiger partial charge in [0.25, 0.3) is 0 Å². The van der Waals surface area contributed by atoms with Crippen LogP contribution in [0.15, 0.2) is 12.1 Å². The quantitative estimate of drug-likeness (QED) is 0.845. The van der Waals surface area contributed by atoms with E-state index < -0.39 is 0 Å². The molecule has 1 aromatic rings. The molecule has 1 fully saturated rings. The number of hydrogen-bond donors (Lipinski definition) is 0. The third kappa shape index (κ3) is 2.63. The van der Waals surface area contributed by atoms with Crippen LogP contribution < -0.4 is 9.47 Å². The predicted molar refractivity (Wildman–Crippen MR) is 77.6 cm³/mol. The van der Waals surface area contributed by atoms with Crippen LogP contribution in [0, 0.1) is 0 Å². The van der Waals surface area contributed by atoms with E-state index in [1.54, 1.807) is 14.2 Å². The minimum absolute atomic E-state index is 0.164. The Balaban J connectivity index is 1.86. The molecular formula is C16H23NO3. The highest BCUT2D eigenvalue weighted by molar-refractivity contribution is 5.49. The standard InChI is InChI=1S/C16H23NO3/c1-18-14-9-12-5-8-20-16(11-17-6-3-4-7-17)13(12)10-15(14)19-2/h9-10,16H,3-8,11H2,1-2H3. The van der Waals surface area contributed by atoms with Crippen LogP contribution in [0.4, 0.5) is 0 Å². The first-order valence-electron chi connectivity index (χ1n) is 7.40. The van der Waals surface area contributed by atoms with Crippen molar-refractivity contribution in [3.05, 3.63) is 23.3 Å². The lowest BCUT2D eigenvalue weighted by Gasteiger charge is -2.30. The SMILES string of the molecule is COc1cc2c(cc1OC)C(CN1CCCC1)OCC2. The van der Waals surface area contributed by atoms with Crippen LogP contribution in [-0.4, -0.2) is 45.4 Å². The summed E-state index contributed by atoms with van der Waals surface area (Å²) < 4.78 is 16.8. The highest BCUT2D eigenvalue weighted by Crippen LogP contribution is 2.37. The summed E-state index contributed by atoms with van der Waals surface area (Å²) in [7, 11) is 3.37. The molecule has 2 heterocycles. The van der Waals surface area contributed by atoms with Gasteiger partial charge in [-0.1, -0.05) is 0 Å². The lowest BCUT2D eigenvalue weighted by atomic mass is 9.96. The van der Waals surface area contributed by atoms with Gasteiger partial charge in [0.15, 0.2) is 11.5 Å². The molecular weight excluding hydrogens is 254 g/mol. The molecule has 1 aromatic carbocycles. The van der Waals surface area contributed by atoms with Crippen LogP contribution in [0.5, 0.6) is 11.5 Å². The Kier molecular flexibility index (Phi) is 4.13. The van der Waals surface area contributed by atoms with Crippen LogP contribution in [0.3, 0.4) is 0 Å². The van der Waals surface area contributed by atoms with Gasteiger partial charge in [-0.05, 0) is 55.6 Å². The molecule has 4 nitrogen and oxygen atoms in total. The van der Waals surface area contributed by atoms with E-state index in [-0.39, 0.29) is 6.10 Å². The summed E-state index contributed by atoms with van der Waals surface area (Å²) in [5.41, 5.74) is 2.60. The fourth-order valence-corrected chi connectivity index (χ4v) is 3.20. The lowest BCUT2D eigenvalue weighted by molar-refractivity contribution is 0.0204. The maximum absolute atomic E-state index is 6.00. The second-order valence-corrected chi connectivity index (χ2v) is 5.52. The minimum atomic E-state index is 0.164. The molecule has 1 atom stereocenters. The smallest absolute Gasteiger partial charge is 0.161 e. The molecule has 0 aliphatic carbocycles. The topological polar surface area (TPSA) is 30.9 Å². The van der Waals surface area contributed by atoms with E-state index in [4.69, 9.17) is 14.2 Å². The van der Waals surface area contributed by atoms with Gasteiger partial charge in [-0.2, -0.15) is 0 Å². The van der Waals surface area contributed by atoms with E-state index in [0.29, 0.717) is 0 Å². The third-order valence-electron chi connectivity index (χ3n) is 4.31. The van der Waals surface area contributed by atoms with Gasteiger partial charge in [-0.3, -0.25) is 0 Å². The Labute approximate surface area is 120 Å². The molecule has 1 unspecified atom stereocenters. The van der Waals surface area contributed by atoms with Gasteiger partial charge >= 0.3 is 0 Å². The summed E-state index contributed by atoms with van der Waals surface area (Å²) in [4.78, 5) is 2.50. The molecule has 2 aliphatic rings. The van der Waals surface area contributed by atoms with Gasteiger partial charge in [0.05, 0.1) is 26.9 Å². The van der Waals surface area contributed by atoms with Gasteiger partial charge < -0.3 is 19.1 Å². The Morgan fingerprint density at radius 3 is 2.55 bits per heavy atom. The maximum Gasteiger partial charge on any atom is 0.161 e. The van der Waals surface area contributed by atoms with Gasteiger partial charge in [-0.25, -0.2) is 0 Å². The Morgan fingerprint density at radius 2 is 1.85 bits per heavy atom.